The van der Waals surface area contributed by atoms with Crippen molar-refractivity contribution in [1.82, 2.24) is 9.66 Å². The van der Waals surface area contributed by atoms with Gasteiger partial charge in [-0.3, -0.25) is 4.79 Å². The molecule has 96 valence electrons. The topological polar surface area (TPSA) is 59.3 Å². The lowest BCUT2D eigenvalue weighted by molar-refractivity contribution is -0.110. The van der Waals surface area contributed by atoms with Crippen LogP contribution in [0.5, 0.6) is 0 Å². The summed E-state index contributed by atoms with van der Waals surface area (Å²) in [6, 6.07) is 15.2. The van der Waals surface area contributed by atoms with Crippen LogP contribution in [0.4, 0.5) is 5.69 Å². The predicted molar refractivity (Wildman–Crippen MR) is 76.7 cm³/mol. The molecule has 1 aliphatic rings. The van der Waals surface area contributed by atoms with Gasteiger partial charge in [0.1, 0.15) is 6.33 Å². The number of carbonyl (C=O) groups excluding carboxylic acids is 1. The van der Waals surface area contributed by atoms with Gasteiger partial charge in [-0.25, -0.2) is 9.66 Å². The molecule has 0 atom stereocenters. The fourth-order valence-corrected chi connectivity index (χ4v) is 2.34. The molecule has 3 aromatic rings. The number of fused-ring (bicyclic) bond motifs is 2. The summed E-state index contributed by atoms with van der Waals surface area (Å²) < 4.78 is 1.63. The number of hydrogen-bond donors (Lipinski definition) is 1. The van der Waals surface area contributed by atoms with E-state index in [1.165, 1.54) is 0 Å². The highest BCUT2D eigenvalue weighted by Crippen LogP contribution is 2.23. The Kier molecular flexibility index (Phi) is 2.20. The molecule has 1 N–H and O–H groups in total. The minimum absolute atomic E-state index is 0.191. The van der Waals surface area contributed by atoms with Crippen molar-refractivity contribution in [1.29, 1.82) is 0 Å². The molecule has 0 aliphatic carbocycles. The Morgan fingerprint density at radius 2 is 1.85 bits per heavy atom. The molecule has 0 radical (unpaired) electrons. The number of rotatable bonds is 1. The molecule has 5 nitrogen and oxygen atoms in total. The molecule has 0 saturated carbocycles. The van der Waals surface area contributed by atoms with Gasteiger partial charge in [-0.2, -0.15) is 5.10 Å². The third kappa shape index (κ3) is 1.53. The van der Waals surface area contributed by atoms with E-state index in [2.05, 4.69) is 15.4 Å². The van der Waals surface area contributed by atoms with Gasteiger partial charge in [0.25, 0.3) is 5.91 Å². The lowest BCUT2D eigenvalue weighted by Gasteiger charge is -1.98. The number of aromatic nitrogens is 2. The second kappa shape index (κ2) is 4.03. The third-order valence-electron chi connectivity index (χ3n) is 3.29. The molecule has 1 amide bonds. The lowest BCUT2D eigenvalue weighted by Crippen LogP contribution is -2.15. The standard InChI is InChI=1S/C15H10N4O/c20-15-14(10-5-1-2-6-11(10)17-15)18-19-9-16-12-7-3-4-8-13(12)19/h1-9H,(H,17,18,20). The Bertz CT molecular complexity index is 863. The smallest absolute Gasteiger partial charge is 0.276 e. The van der Waals surface area contributed by atoms with Crippen LogP contribution in [-0.2, 0) is 4.79 Å². The van der Waals surface area contributed by atoms with Crippen molar-refractivity contribution < 1.29 is 4.79 Å². The second-order valence-corrected chi connectivity index (χ2v) is 4.53. The maximum atomic E-state index is 12.0. The predicted octanol–water partition coefficient (Wildman–Crippen LogP) is 2.24. The molecular weight excluding hydrogens is 252 g/mol. The minimum atomic E-state index is -0.191. The zero-order valence-electron chi connectivity index (χ0n) is 10.4. The molecule has 20 heavy (non-hydrogen) atoms. The first-order valence-electron chi connectivity index (χ1n) is 6.25. The van der Waals surface area contributed by atoms with Gasteiger partial charge in [0.05, 0.1) is 16.7 Å². The van der Waals surface area contributed by atoms with E-state index >= 15 is 0 Å². The monoisotopic (exact) mass is 262 g/mol. The number of anilines is 1. The highest BCUT2D eigenvalue weighted by atomic mass is 16.2. The summed E-state index contributed by atoms with van der Waals surface area (Å²) in [6.45, 7) is 0. The van der Waals surface area contributed by atoms with E-state index in [0.717, 1.165) is 22.3 Å². The Labute approximate surface area is 114 Å². The first-order chi connectivity index (χ1) is 9.83. The summed E-state index contributed by atoms with van der Waals surface area (Å²) in [7, 11) is 0. The Hall–Kier alpha value is -2.95. The average molecular weight is 262 g/mol. The number of nitrogens with one attached hydrogen (secondary N) is 1. The average Bonchev–Trinajstić information content (AvgIpc) is 3.02. The van der Waals surface area contributed by atoms with E-state index in [-0.39, 0.29) is 5.91 Å². The molecule has 0 unspecified atom stereocenters. The Morgan fingerprint density at radius 3 is 2.80 bits per heavy atom. The molecule has 4 rings (SSSR count). The molecule has 0 fully saturated rings. The number of para-hydroxylation sites is 3. The minimum Gasteiger partial charge on any atom is -0.320 e. The Balaban J connectivity index is 1.90. The molecule has 1 aliphatic heterocycles. The van der Waals surface area contributed by atoms with Crippen LogP contribution in [0.2, 0.25) is 0 Å². The van der Waals surface area contributed by atoms with Crippen molar-refractivity contribution >= 4 is 28.3 Å². The van der Waals surface area contributed by atoms with Crippen LogP contribution < -0.4 is 5.32 Å². The zero-order valence-corrected chi connectivity index (χ0v) is 10.4. The highest BCUT2D eigenvalue weighted by molar-refractivity contribution is 6.53. The van der Waals surface area contributed by atoms with Gasteiger partial charge in [0, 0.05) is 5.56 Å². The van der Waals surface area contributed by atoms with E-state index in [9.17, 15) is 4.79 Å². The number of benzene rings is 2. The van der Waals surface area contributed by atoms with Gasteiger partial charge < -0.3 is 5.32 Å². The van der Waals surface area contributed by atoms with Crippen molar-refractivity contribution in [2.45, 2.75) is 0 Å². The fraction of sp³-hybridized carbons (Fsp3) is 0. The van der Waals surface area contributed by atoms with Gasteiger partial charge >= 0.3 is 0 Å². The van der Waals surface area contributed by atoms with Gasteiger partial charge in [0.15, 0.2) is 5.71 Å². The number of amides is 1. The number of hydrogen-bond acceptors (Lipinski definition) is 3. The second-order valence-electron chi connectivity index (χ2n) is 4.53. The van der Waals surface area contributed by atoms with E-state index in [1.54, 1.807) is 11.0 Å². The van der Waals surface area contributed by atoms with E-state index < -0.39 is 0 Å². The summed E-state index contributed by atoms with van der Waals surface area (Å²) >= 11 is 0. The number of imidazole rings is 1. The van der Waals surface area contributed by atoms with Crippen LogP contribution in [0.15, 0.2) is 60.0 Å². The summed E-state index contributed by atoms with van der Waals surface area (Å²) in [4.78, 5) is 16.3. The molecule has 2 heterocycles. The Morgan fingerprint density at radius 1 is 1.05 bits per heavy atom. The molecule has 0 spiro atoms. The molecular formula is C15H10N4O. The van der Waals surface area contributed by atoms with Crippen molar-refractivity contribution in [3.8, 4) is 0 Å². The fourth-order valence-electron chi connectivity index (χ4n) is 2.34. The first kappa shape index (κ1) is 10.9. The zero-order chi connectivity index (χ0) is 13.5. The molecule has 1 aromatic heterocycles. The summed E-state index contributed by atoms with van der Waals surface area (Å²) in [5.74, 6) is -0.191. The molecule has 2 aromatic carbocycles. The van der Waals surface area contributed by atoms with Crippen LogP contribution in [0.25, 0.3) is 11.0 Å². The first-order valence-corrected chi connectivity index (χ1v) is 6.25. The summed E-state index contributed by atoms with van der Waals surface area (Å²) in [5, 5.41) is 7.23. The van der Waals surface area contributed by atoms with Gasteiger partial charge in [0.2, 0.25) is 0 Å². The van der Waals surface area contributed by atoms with Crippen molar-refractivity contribution in [2.24, 2.45) is 5.10 Å². The van der Waals surface area contributed by atoms with Crippen LogP contribution in [0, 0.1) is 0 Å². The van der Waals surface area contributed by atoms with Crippen LogP contribution in [0.1, 0.15) is 5.56 Å². The van der Waals surface area contributed by atoms with Gasteiger partial charge in [-0.05, 0) is 18.2 Å². The highest BCUT2D eigenvalue weighted by Gasteiger charge is 2.25. The van der Waals surface area contributed by atoms with Crippen LogP contribution in [-0.4, -0.2) is 21.3 Å². The quantitative estimate of drug-likeness (QED) is 0.731. The maximum Gasteiger partial charge on any atom is 0.276 e. The number of nitrogens with zero attached hydrogens (tertiary/aromatic N) is 3. The van der Waals surface area contributed by atoms with Gasteiger partial charge in [-0.15, -0.1) is 0 Å². The van der Waals surface area contributed by atoms with Crippen molar-refractivity contribution in [3.05, 3.63) is 60.4 Å². The molecule has 5 heteroatoms. The van der Waals surface area contributed by atoms with Crippen LogP contribution >= 0.6 is 0 Å². The summed E-state index contributed by atoms with van der Waals surface area (Å²) in [5.41, 5.74) is 3.74. The van der Waals surface area contributed by atoms with E-state index in [1.807, 2.05) is 48.5 Å². The third-order valence-corrected chi connectivity index (χ3v) is 3.29. The summed E-state index contributed by atoms with van der Waals surface area (Å²) in [6.07, 6.45) is 1.62. The van der Waals surface area contributed by atoms with E-state index in [0.29, 0.717) is 5.71 Å². The van der Waals surface area contributed by atoms with Gasteiger partial charge in [-0.1, -0.05) is 30.3 Å². The van der Waals surface area contributed by atoms with Crippen LogP contribution in [0.3, 0.4) is 0 Å². The normalized spacial score (nSPS) is 15.6. The SMILES string of the molecule is O=C1Nc2ccccc2/C1=N/n1cnc2ccccc21. The molecule has 0 bridgehead atoms. The maximum absolute atomic E-state index is 12.0. The number of carbonyl (C=O) groups is 1. The van der Waals surface area contributed by atoms with E-state index in [4.69, 9.17) is 0 Å². The lowest BCUT2D eigenvalue weighted by atomic mass is 10.1. The largest absolute Gasteiger partial charge is 0.320 e. The van der Waals surface area contributed by atoms with Crippen molar-refractivity contribution in [3.63, 3.8) is 0 Å². The molecule has 0 saturated heterocycles. The van der Waals surface area contributed by atoms with Crippen molar-refractivity contribution in [2.75, 3.05) is 5.32 Å².